The second-order valence-corrected chi connectivity index (χ2v) is 13.4. The van der Waals surface area contributed by atoms with E-state index in [-0.39, 0.29) is 29.4 Å². The zero-order valence-electron chi connectivity index (χ0n) is 23.5. The maximum atomic E-state index is 12.5. The van der Waals surface area contributed by atoms with Crippen molar-refractivity contribution in [2.24, 2.45) is 46.3 Å². The summed E-state index contributed by atoms with van der Waals surface area (Å²) in [5.41, 5.74) is 0.533. The Kier molecular flexibility index (Phi) is 7.68. The minimum atomic E-state index is -0.742. The molecule has 8 nitrogen and oxygen atoms in total. The molecule has 5 rings (SSSR count). The molecule has 214 valence electrons. The number of nitro benzene ring substituents is 1. The summed E-state index contributed by atoms with van der Waals surface area (Å²) in [4.78, 5) is 34.0. The Balaban J connectivity index is 1.19. The Morgan fingerprint density at radius 2 is 1.72 bits per heavy atom. The highest BCUT2D eigenvalue weighted by Gasteiger charge is 2.60. The number of benzene rings is 1. The van der Waals surface area contributed by atoms with Crippen LogP contribution >= 0.6 is 0 Å². The molecule has 0 amide bonds. The van der Waals surface area contributed by atoms with E-state index in [4.69, 9.17) is 9.47 Å². The number of carbonyl (C=O) groups is 2. The average molecular weight is 542 g/mol. The van der Waals surface area contributed by atoms with E-state index in [9.17, 15) is 24.8 Å². The van der Waals surface area contributed by atoms with Crippen molar-refractivity contribution in [3.05, 3.63) is 34.4 Å². The zero-order valence-corrected chi connectivity index (χ0v) is 23.5. The van der Waals surface area contributed by atoms with Gasteiger partial charge in [-0.2, -0.15) is 0 Å². The molecule has 4 saturated carbocycles. The molecule has 1 aromatic rings. The van der Waals surface area contributed by atoms with Crippen molar-refractivity contribution in [3.8, 4) is 5.75 Å². The maximum absolute atomic E-state index is 12.5. The lowest BCUT2D eigenvalue weighted by molar-refractivity contribution is -0.384. The smallest absolute Gasteiger partial charge is 0.481 e. The fourth-order valence-electron chi connectivity index (χ4n) is 9.75. The molecule has 0 radical (unpaired) electrons. The minimum Gasteiger partial charge on any atom is -0.481 e. The van der Waals surface area contributed by atoms with Crippen molar-refractivity contribution in [3.63, 3.8) is 0 Å². The van der Waals surface area contributed by atoms with Gasteiger partial charge in [-0.05, 0) is 123 Å². The molecule has 0 spiro atoms. The summed E-state index contributed by atoms with van der Waals surface area (Å²) in [6, 6.07) is 5.45. The van der Waals surface area contributed by atoms with Crippen LogP contribution < -0.4 is 4.74 Å². The maximum Gasteiger partial charge on any atom is 0.514 e. The lowest BCUT2D eigenvalue weighted by atomic mass is 9.44. The monoisotopic (exact) mass is 541 g/mol. The predicted octanol–water partition coefficient (Wildman–Crippen LogP) is 7.64. The van der Waals surface area contributed by atoms with Crippen molar-refractivity contribution >= 4 is 17.8 Å². The van der Waals surface area contributed by atoms with Gasteiger partial charge < -0.3 is 14.6 Å². The topological polar surface area (TPSA) is 116 Å². The molecule has 0 bridgehead atoms. The number of ether oxygens (including phenoxy) is 2. The van der Waals surface area contributed by atoms with Crippen molar-refractivity contribution in [2.45, 2.75) is 97.5 Å². The molecule has 0 heterocycles. The Labute approximate surface area is 231 Å². The van der Waals surface area contributed by atoms with Gasteiger partial charge in [0.2, 0.25) is 0 Å². The Bertz CT molecular complexity index is 1090. The van der Waals surface area contributed by atoms with Gasteiger partial charge in [0.05, 0.1) is 4.92 Å². The normalized spacial score (nSPS) is 38.0. The number of aliphatic carboxylic acids is 1. The number of fused-ring (bicyclic) bond motifs is 5. The quantitative estimate of drug-likeness (QED) is 0.163. The van der Waals surface area contributed by atoms with Crippen LogP contribution in [-0.4, -0.2) is 28.3 Å². The van der Waals surface area contributed by atoms with E-state index < -0.39 is 17.0 Å². The number of hydrogen-bond acceptors (Lipinski definition) is 6. The molecule has 9 atom stereocenters. The van der Waals surface area contributed by atoms with Gasteiger partial charge in [-0.25, -0.2) is 4.79 Å². The number of carboxylic acid groups (broad SMARTS) is 1. The third-order valence-electron chi connectivity index (χ3n) is 11.7. The highest BCUT2D eigenvalue weighted by molar-refractivity contribution is 5.66. The first-order valence-electron chi connectivity index (χ1n) is 14.9. The minimum absolute atomic E-state index is 0.0539. The van der Waals surface area contributed by atoms with Crippen molar-refractivity contribution < 1.29 is 29.1 Å². The fourth-order valence-corrected chi connectivity index (χ4v) is 9.75. The van der Waals surface area contributed by atoms with Gasteiger partial charge in [0.1, 0.15) is 11.9 Å². The summed E-state index contributed by atoms with van der Waals surface area (Å²) in [6.07, 6.45) is 10.3. The second-order valence-electron chi connectivity index (χ2n) is 13.4. The third-order valence-corrected chi connectivity index (χ3v) is 11.7. The van der Waals surface area contributed by atoms with Gasteiger partial charge in [0.25, 0.3) is 5.69 Å². The van der Waals surface area contributed by atoms with Crippen LogP contribution in [0.5, 0.6) is 5.75 Å². The lowest BCUT2D eigenvalue weighted by Gasteiger charge is -2.61. The van der Waals surface area contributed by atoms with Crippen molar-refractivity contribution in [1.29, 1.82) is 0 Å². The highest BCUT2D eigenvalue weighted by Crippen LogP contribution is 2.68. The van der Waals surface area contributed by atoms with Crippen LogP contribution in [-0.2, 0) is 9.53 Å². The van der Waals surface area contributed by atoms with Crippen LogP contribution in [0.15, 0.2) is 24.3 Å². The fraction of sp³-hybridized carbons (Fsp3) is 0.742. The van der Waals surface area contributed by atoms with Gasteiger partial charge in [-0.1, -0.05) is 20.8 Å². The lowest BCUT2D eigenvalue weighted by Crippen LogP contribution is -2.54. The number of nitrogens with zero attached hydrogens (tertiary/aromatic N) is 1. The van der Waals surface area contributed by atoms with Gasteiger partial charge in [-0.15, -0.1) is 0 Å². The molecule has 39 heavy (non-hydrogen) atoms. The molecule has 8 heteroatoms. The number of nitro groups is 1. The van der Waals surface area contributed by atoms with Gasteiger partial charge in [0, 0.05) is 18.6 Å². The van der Waals surface area contributed by atoms with Crippen LogP contribution in [0.25, 0.3) is 0 Å². The number of carbonyl (C=O) groups excluding carboxylic acids is 1. The largest absolute Gasteiger partial charge is 0.514 e. The molecule has 0 saturated heterocycles. The van der Waals surface area contributed by atoms with Crippen LogP contribution in [0.4, 0.5) is 10.5 Å². The molecule has 4 fully saturated rings. The molecule has 0 unspecified atom stereocenters. The number of rotatable bonds is 7. The Morgan fingerprint density at radius 3 is 2.41 bits per heavy atom. The van der Waals surface area contributed by atoms with Crippen LogP contribution in [0, 0.1) is 56.5 Å². The number of non-ortho nitro benzene ring substituents is 1. The Morgan fingerprint density at radius 1 is 1.03 bits per heavy atom. The molecule has 0 aliphatic heterocycles. The molecular formula is C31H43NO7. The first kappa shape index (κ1) is 27.9. The van der Waals surface area contributed by atoms with E-state index in [1.807, 2.05) is 0 Å². The first-order valence-corrected chi connectivity index (χ1v) is 14.9. The molecule has 4 aliphatic carbocycles. The van der Waals surface area contributed by atoms with E-state index in [0.717, 1.165) is 37.5 Å². The van der Waals surface area contributed by atoms with E-state index in [2.05, 4.69) is 20.8 Å². The van der Waals surface area contributed by atoms with Crippen LogP contribution in [0.1, 0.15) is 91.4 Å². The average Bonchev–Trinajstić information content (AvgIpc) is 3.25. The standard InChI is InChI=1S/C31H43NO7/c1-19(4-13-28(33)34)25-11-12-26-24-10-5-20-18-23(14-16-30(20,2)27(24)15-17-31(25,26)3)39-29(35)38-22-8-6-21(7-9-22)32(36)37/h6-9,19-20,23-27H,4-5,10-18H2,1-3H3,(H,33,34)/t19-,20+,23-,24+,25-,26+,27+,30+,31-/m1/s1. The van der Waals surface area contributed by atoms with E-state index in [0.29, 0.717) is 29.1 Å². The van der Waals surface area contributed by atoms with Crippen molar-refractivity contribution in [2.75, 3.05) is 0 Å². The van der Waals surface area contributed by atoms with E-state index in [1.165, 1.54) is 62.8 Å². The van der Waals surface area contributed by atoms with Gasteiger partial charge in [-0.3, -0.25) is 14.9 Å². The molecular weight excluding hydrogens is 498 g/mol. The Hall–Kier alpha value is -2.64. The highest BCUT2D eigenvalue weighted by atomic mass is 16.7. The summed E-state index contributed by atoms with van der Waals surface area (Å²) < 4.78 is 11.0. The van der Waals surface area contributed by atoms with E-state index in [1.54, 1.807) is 0 Å². The SMILES string of the molecule is C[C@H](CCC(=O)O)[C@H]1CC[C@H]2[C@@H]3CC[C@H]4C[C@H](OC(=O)Oc5ccc([N+](=O)[O-])cc5)CC[C@]4(C)[C@H]3CC[C@]12C. The van der Waals surface area contributed by atoms with Crippen LogP contribution in [0.3, 0.4) is 0 Å². The number of hydrogen-bond donors (Lipinski definition) is 1. The summed E-state index contributed by atoms with van der Waals surface area (Å²) in [5.74, 6) is 3.34. The molecule has 4 aliphatic rings. The van der Waals surface area contributed by atoms with Crippen molar-refractivity contribution in [1.82, 2.24) is 0 Å². The van der Waals surface area contributed by atoms with Gasteiger partial charge >= 0.3 is 12.1 Å². The summed E-state index contributed by atoms with van der Waals surface area (Å²) in [5, 5.41) is 20.0. The number of carboxylic acids is 1. The first-order chi connectivity index (χ1) is 18.5. The predicted molar refractivity (Wildman–Crippen MR) is 145 cm³/mol. The molecule has 0 aromatic heterocycles. The van der Waals surface area contributed by atoms with Crippen LogP contribution in [0.2, 0.25) is 0 Å². The molecule has 1 N–H and O–H groups in total. The molecule has 1 aromatic carbocycles. The summed E-state index contributed by atoms with van der Waals surface area (Å²) >= 11 is 0. The summed E-state index contributed by atoms with van der Waals surface area (Å²) in [7, 11) is 0. The summed E-state index contributed by atoms with van der Waals surface area (Å²) in [6.45, 7) is 7.28. The second kappa shape index (κ2) is 10.7. The van der Waals surface area contributed by atoms with Gasteiger partial charge in [0.15, 0.2) is 0 Å². The zero-order chi connectivity index (χ0) is 27.9. The van der Waals surface area contributed by atoms with E-state index >= 15 is 0 Å². The third kappa shape index (κ3) is 5.28.